The van der Waals surface area contributed by atoms with Crippen molar-refractivity contribution in [1.29, 1.82) is 0 Å². The van der Waals surface area contributed by atoms with E-state index in [-0.39, 0.29) is 5.92 Å². The average Bonchev–Trinajstić information content (AvgIpc) is 3.84. The molecule has 1 unspecified atom stereocenters. The fraction of sp³-hybridized carbons (Fsp3) is 0.0794. The molecule has 9 aromatic rings. The summed E-state index contributed by atoms with van der Waals surface area (Å²) in [6.45, 7) is 4.66. The molecule has 0 N–H and O–H groups in total. The molecule has 310 valence electrons. The van der Waals surface area contributed by atoms with Gasteiger partial charge < -0.3 is 9.80 Å². The van der Waals surface area contributed by atoms with Crippen LogP contribution >= 0.6 is 0 Å². The SMILES string of the molecule is Cc1cc(N(c2ccccc2)c2ccccc2)ccc1C1=CC=C(N(c2cccc(-c3ccccc3)c2)c2cccc3c2-c2ccccc2C32c3ccccc3-c3ccccc32)CC1C. The number of allylic oxidation sites excluding steroid dienone is 4. The van der Waals surface area contributed by atoms with Gasteiger partial charge in [0.2, 0.25) is 0 Å². The highest BCUT2D eigenvalue weighted by molar-refractivity contribution is 6.00. The van der Waals surface area contributed by atoms with Gasteiger partial charge in [0.25, 0.3) is 0 Å². The smallest absolute Gasteiger partial charge is 0.0726 e. The molecule has 9 aromatic carbocycles. The summed E-state index contributed by atoms with van der Waals surface area (Å²) in [6, 6.07) is 82.6. The molecule has 0 fully saturated rings. The third-order valence-corrected chi connectivity index (χ3v) is 14.0. The first-order chi connectivity index (χ1) is 32.1. The van der Waals surface area contributed by atoms with Crippen LogP contribution < -0.4 is 9.80 Å². The molecule has 3 aliphatic carbocycles. The van der Waals surface area contributed by atoms with Crippen molar-refractivity contribution in [2.75, 3.05) is 9.80 Å². The molecule has 0 radical (unpaired) electrons. The minimum Gasteiger partial charge on any atom is -0.314 e. The van der Waals surface area contributed by atoms with Gasteiger partial charge in [-0.1, -0.05) is 183 Å². The Morgan fingerprint density at radius 3 is 1.54 bits per heavy atom. The number of benzene rings is 9. The van der Waals surface area contributed by atoms with E-state index in [1.54, 1.807) is 0 Å². The number of hydrogen-bond donors (Lipinski definition) is 0. The number of anilines is 5. The normalized spacial score (nSPS) is 15.0. The van der Waals surface area contributed by atoms with E-state index in [1.165, 1.54) is 83.7 Å². The summed E-state index contributed by atoms with van der Waals surface area (Å²) < 4.78 is 0. The number of fused-ring (bicyclic) bond motifs is 10. The van der Waals surface area contributed by atoms with Gasteiger partial charge in [0.05, 0.1) is 11.1 Å². The van der Waals surface area contributed by atoms with Crippen molar-refractivity contribution in [2.45, 2.75) is 25.7 Å². The first-order valence-electron chi connectivity index (χ1n) is 22.9. The van der Waals surface area contributed by atoms with Gasteiger partial charge in [-0.25, -0.2) is 0 Å². The van der Waals surface area contributed by atoms with E-state index in [0.717, 1.165) is 29.2 Å². The first kappa shape index (κ1) is 38.7. The Morgan fingerprint density at radius 2 is 0.908 bits per heavy atom. The highest BCUT2D eigenvalue weighted by atomic mass is 15.2. The molecule has 1 spiro atoms. The maximum Gasteiger partial charge on any atom is 0.0726 e. The lowest BCUT2D eigenvalue weighted by atomic mass is 9.70. The molecule has 0 amide bonds. The van der Waals surface area contributed by atoms with Crippen LogP contribution in [0.5, 0.6) is 0 Å². The number of hydrogen-bond acceptors (Lipinski definition) is 2. The van der Waals surface area contributed by atoms with Crippen LogP contribution in [-0.4, -0.2) is 0 Å². The molecule has 0 aromatic heterocycles. The standard InChI is InChI=1S/C63H48N2/c1-43-40-50(64(47-23-8-4-9-24-47)48-25-10-5-11-26-48)36-38-52(43)53-39-37-51(41-44(53)2)65(49-27-18-22-46(42-49)45-20-6-3-7-21-45)61-35-19-34-60-62(61)56-30-14-17-33-59(56)63(60)57-31-15-12-28-54(57)55-29-13-16-32-58(55)63/h3-40,42,44H,41H2,1-2H3. The summed E-state index contributed by atoms with van der Waals surface area (Å²) in [7, 11) is 0. The van der Waals surface area contributed by atoms with Crippen LogP contribution in [0.3, 0.4) is 0 Å². The molecule has 0 bridgehead atoms. The Hall–Kier alpha value is -7.94. The predicted octanol–water partition coefficient (Wildman–Crippen LogP) is 16.6. The van der Waals surface area contributed by atoms with Crippen molar-refractivity contribution in [2.24, 2.45) is 5.92 Å². The second-order valence-corrected chi connectivity index (χ2v) is 17.7. The Balaban J connectivity index is 1.02. The van der Waals surface area contributed by atoms with Crippen molar-refractivity contribution in [1.82, 2.24) is 0 Å². The summed E-state index contributed by atoms with van der Waals surface area (Å²) in [6.07, 6.45) is 5.67. The van der Waals surface area contributed by atoms with E-state index in [2.05, 4.69) is 260 Å². The van der Waals surface area contributed by atoms with Crippen LogP contribution in [0.2, 0.25) is 0 Å². The molecular formula is C63H48N2. The van der Waals surface area contributed by atoms with Crippen LogP contribution in [0.4, 0.5) is 28.4 Å². The van der Waals surface area contributed by atoms with Crippen LogP contribution in [0.25, 0.3) is 39.0 Å². The summed E-state index contributed by atoms with van der Waals surface area (Å²) in [4.78, 5) is 4.92. The fourth-order valence-electron chi connectivity index (χ4n) is 11.3. The van der Waals surface area contributed by atoms with Gasteiger partial charge >= 0.3 is 0 Å². The average molecular weight is 833 g/mol. The van der Waals surface area contributed by atoms with Crippen LogP contribution in [0.15, 0.2) is 242 Å². The number of nitrogens with zero attached hydrogens (tertiary/aromatic N) is 2. The molecule has 0 saturated carbocycles. The van der Waals surface area contributed by atoms with E-state index in [0.29, 0.717) is 0 Å². The number of aryl methyl sites for hydroxylation is 1. The predicted molar refractivity (Wildman–Crippen MR) is 272 cm³/mol. The van der Waals surface area contributed by atoms with Crippen molar-refractivity contribution in [3.05, 3.63) is 276 Å². The lowest BCUT2D eigenvalue weighted by molar-refractivity contribution is 0.715. The Labute approximate surface area is 382 Å². The van der Waals surface area contributed by atoms with Gasteiger partial charge in [-0.3, -0.25) is 0 Å². The zero-order chi connectivity index (χ0) is 43.5. The third kappa shape index (κ3) is 6.16. The summed E-state index contributed by atoms with van der Waals surface area (Å²) in [5.74, 6) is 0.266. The summed E-state index contributed by atoms with van der Waals surface area (Å²) in [5.41, 5.74) is 23.6. The lowest BCUT2D eigenvalue weighted by Gasteiger charge is -2.35. The lowest BCUT2D eigenvalue weighted by Crippen LogP contribution is -2.26. The maximum atomic E-state index is 2.57. The molecule has 1 atom stereocenters. The Bertz CT molecular complexity index is 3240. The van der Waals surface area contributed by atoms with Gasteiger partial charge in [-0.05, 0) is 147 Å². The van der Waals surface area contributed by atoms with Gasteiger partial charge in [0, 0.05) is 34.0 Å². The minimum atomic E-state index is -0.422. The maximum absolute atomic E-state index is 2.57. The van der Waals surface area contributed by atoms with Crippen molar-refractivity contribution in [3.8, 4) is 33.4 Å². The fourth-order valence-corrected chi connectivity index (χ4v) is 11.3. The molecule has 0 aliphatic heterocycles. The van der Waals surface area contributed by atoms with Gasteiger partial charge in [0.15, 0.2) is 0 Å². The Kier molecular flexibility index (Phi) is 9.35. The monoisotopic (exact) mass is 832 g/mol. The molecular weight excluding hydrogens is 785 g/mol. The number of para-hydroxylation sites is 2. The highest BCUT2D eigenvalue weighted by Crippen LogP contribution is 2.64. The molecule has 2 heteroatoms. The van der Waals surface area contributed by atoms with Crippen LogP contribution in [0, 0.1) is 12.8 Å². The van der Waals surface area contributed by atoms with Crippen LogP contribution in [-0.2, 0) is 5.41 Å². The Morgan fingerprint density at radius 1 is 0.400 bits per heavy atom. The van der Waals surface area contributed by atoms with E-state index >= 15 is 0 Å². The second-order valence-electron chi connectivity index (χ2n) is 17.7. The second kappa shape index (κ2) is 15.7. The molecule has 2 nitrogen and oxygen atoms in total. The van der Waals surface area contributed by atoms with E-state index in [4.69, 9.17) is 0 Å². The molecule has 12 rings (SSSR count). The van der Waals surface area contributed by atoms with Crippen molar-refractivity contribution < 1.29 is 0 Å². The molecule has 65 heavy (non-hydrogen) atoms. The quantitative estimate of drug-likeness (QED) is 0.150. The molecule has 3 aliphatic rings. The van der Waals surface area contributed by atoms with Gasteiger partial charge in [-0.15, -0.1) is 0 Å². The largest absolute Gasteiger partial charge is 0.314 e. The molecule has 0 saturated heterocycles. The summed E-state index contributed by atoms with van der Waals surface area (Å²) >= 11 is 0. The first-order valence-corrected chi connectivity index (χ1v) is 22.9. The van der Waals surface area contributed by atoms with Crippen molar-refractivity contribution >= 4 is 34.0 Å². The van der Waals surface area contributed by atoms with Crippen molar-refractivity contribution in [3.63, 3.8) is 0 Å². The van der Waals surface area contributed by atoms with Gasteiger partial charge in [0.1, 0.15) is 0 Å². The van der Waals surface area contributed by atoms with Crippen LogP contribution in [0.1, 0.15) is 46.7 Å². The number of rotatable bonds is 8. The van der Waals surface area contributed by atoms with E-state index in [9.17, 15) is 0 Å². The summed E-state index contributed by atoms with van der Waals surface area (Å²) in [5, 5.41) is 0. The highest BCUT2D eigenvalue weighted by Gasteiger charge is 2.52. The minimum absolute atomic E-state index is 0.266. The zero-order valence-corrected chi connectivity index (χ0v) is 36.7. The third-order valence-electron chi connectivity index (χ3n) is 14.0. The van der Waals surface area contributed by atoms with Gasteiger partial charge in [-0.2, -0.15) is 0 Å². The van der Waals surface area contributed by atoms with E-state index in [1.807, 2.05) is 0 Å². The topological polar surface area (TPSA) is 6.48 Å². The molecule has 0 heterocycles. The zero-order valence-electron chi connectivity index (χ0n) is 36.7. The van der Waals surface area contributed by atoms with E-state index < -0.39 is 5.41 Å².